The first-order chi connectivity index (χ1) is 15.8. The van der Waals surface area contributed by atoms with E-state index in [0.717, 1.165) is 28.0 Å². The zero-order valence-electron chi connectivity index (χ0n) is 18.1. The maximum Gasteiger partial charge on any atom is 0.416 e. The molecule has 34 heavy (non-hydrogen) atoms. The van der Waals surface area contributed by atoms with E-state index in [1.54, 1.807) is 0 Å². The van der Waals surface area contributed by atoms with Crippen LogP contribution in [-0.2, 0) is 18.0 Å². The van der Waals surface area contributed by atoms with Crippen LogP contribution >= 0.6 is 11.3 Å². The van der Waals surface area contributed by atoms with Crippen molar-refractivity contribution in [2.45, 2.75) is 19.5 Å². The van der Waals surface area contributed by atoms with Gasteiger partial charge in [0.2, 0.25) is 5.91 Å². The molecular weight excluding hydrogens is 478 g/mol. The second-order valence-electron chi connectivity index (χ2n) is 7.24. The summed E-state index contributed by atoms with van der Waals surface area (Å²) >= 11 is 0.917. The fraction of sp³-hybridized carbons (Fsp3) is 0.238. The Morgan fingerprint density at radius 2 is 2.00 bits per heavy atom. The Bertz CT molecular complexity index is 1330. The third-order valence-electron chi connectivity index (χ3n) is 4.97. The van der Waals surface area contributed by atoms with Gasteiger partial charge in [-0.25, -0.2) is 9.37 Å². The minimum atomic E-state index is -4.73. The number of carbonyl (C=O) groups is 1. The number of thiazole rings is 1. The number of alkyl halides is 3. The first kappa shape index (κ1) is 24.9. The molecule has 0 fully saturated rings. The van der Waals surface area contributed by atoms with Gasteiger partial charge in [0.25, 0.3) is 5.56 Å². The number of carbonyl (C=O) groups excluding carboxylic acids is 1. The summed E-state index contributed by atoms with van der Waals surface area (Å²) in [5, 5.41) is 16.4. The average molecular weight is 496 g/mol. The molecule has 0 bridgehead atoms. The molecule has 8 nitrogen and oxygen atoms in total. The van der Waals surface area contributed by atoms with Gasteiger partial charge in [0.1, 0.15) is 11.6 Å². The molecule has 0 atom stereocenters. The van der Waals surface area contributed by atoms with Crippen molar-refractivity contribution >= 4 is 33.9 Å². The molecule has 1 amide bonds. The number of amides is 1. The highest BCUT2D eigenvalue weighted by Crippen LogP contribution is 2.34. The number of halogens is 4. The van der Waals surface area contributed by atoms with E-state index in [4.69, 9.17) is 5.73 Å². The Hall–Kier alpha value is -3.74. The van der Waals surface area contributed by atoms with Crippen molar-refractivity contribution in [1.29, 1.82) is 0 Å². The quantitative estimate of drug-likeness (QED) is 0.415. The lowest BCUT2D eigenvalue weighted by Crippen LogP contribution is -2.28. The molecule has 0 aliphatic heterocycles. The number of nitrogens with zero attached hydrogens (tertiary/aromatic N) is 3. The first-order valence-corrected chi connectivity index (χ1v) is 10.5. The average Bonchev–Trinajstić information content (AvgIpc) is 3.23. The smallest absolute Gasteiger partial charge is 0.416 e. The maximum atomic E-state index is 13.7. The topological polar surface area (TPSA) is 125 Å². The highest BCUT2D eigenvalue weighted by molar-refractivity contribution is 7.14. The van der Waals surface area contributed by atoms with E-state index in [2.05, 4.69) is 15.3 Å². The van der Waals surface area contributed by atoms with Gasteiger partial charge in [0.15, 0.2) is 5.13 Å². The Labute approximate surface area is 194 Å². The van der Waals surface area contributed by atoms with Crippen LogP contribution in [0.1, 0.15) is 23.1 Å². The molecule has 2 heterocycles. The minimum absolute atomic E-state index is 0.0365. The third-order valence-corrected chi connectivity index (χ3v) is 5.73. The van der Waals surface area contributed by atoms with Crippen LogP contribution in [0.5, 0.6) is 5.75 Å². The molecule has 13 heteroatoms. The molecule has 3 N–H and O–H groups in total. The van der Waals surface area contributed by atoms with E-state index in [1.165, 1.54) is 26.4 Å². The number of nitrogen functional groups attached to an aromatic ring is 1. The molecule has 0 spiro atoms. The van der Waals surface area contributed by atoms with E-state index in [0.29, 0.717) is 6.07 Å². The SMILES string of the molecule is CN=C(CC(=O)Nc1nc(-c2cc(F)cc(C(F)(F)F)c2)cs1)c1c([O-])c(C)c(=O)n(C)c1N. The van der Waals surface area contributed by atoms with Crippen LogP contribution in [0.3, 0.4) is 0 Å². The van der Waals surface area contributed by atoms with Crippen LogP contribution < -0.4 is 21.7 Å². The van der Waals surface area contributed by atoms with Crippen molar-refractivity contribution in [2.24, 2.45) is 12.0 Å². The number of nitrogens with one attached hydrogen (secondary N) is 1. The summed E-state index contributed by atoms with van der Waals surface area (Å²) in [7, 11) is 2.74. The molecule has 3 rings (SSSR count). The molecule has 0 aliphatic rings. The lowest BCUT2D eigenvalue weighted by atomic mass is 10.0. The van der Waals surface area contributed by atoms with Crippen LogP contribution in [0.2, 0.25) is 0 Å². The zero-order chi connectivity index (χ0) is 25.4. The van der Waals surface area contributed by atoms with E-state index < -0.39 is 34.8 Å². The Balaban J connectivity index is 1.83. The molecule has 0 saturated heterocycles. The Morgan fingerprint density at radius 1 is 1.32 bits per heavy atom. The van der Waals surface area contributed by atoms with Gasteiger partial charge in [-0.05, 0) is 25.1 Å². The largest absolute Gasteiger partial charge is 0.872 e. The van der Waals surface area contributed by atoms with Crippen molar-refractivity contribution in [3.05, 3.63) is 56.4 Å². The summed E-state index contributed by atoms with van der Waals surface area (Å²) in [5.74, 6) is -2.50. The standard InChI is InChI=1S/C21H19F4N5O3S/c1-9-17(32)16(18(26)30(3)19(9)33)13(27-2)7-15(31)29-20-28-14(8-34-20)10-4-11(21(23,24)25)6-12(22)5-10/h4-6,8,32H,7,26H2,1-3H3,(H,28,29,31)/p-1. The lowest BCUT2D eigenvalue weighted by molar-refractivity contribution is -0.269. The van der Waals surface area contributed by atoms with E-state index in [9.17, 15) is 32.3 Å². The fourth-order valence-electron chi connectivity index (χ4n) is 3.17. The summed E-state index contributed by atoms with van der Waals surface area (Å²) in [6, 6.07) is 2.03. The highest BCUT2D eigenvalue weighted by Gasteiger charge is 2.31. The summed E-state index contributed by atoms with van der Waals surface area (Å²) in [5.41, 5.74) is 4.00. The second kappa shape index (κ2) is 9.25. The van der Waals surface area contributed by atoms with Gasteiger partial charge in [-0.15, -0.1) is 11.3 Å². The molecule has 0 saturated carbocycles. The number of hydrogen-bond donors (Lipinski definition) is 2. The van der Waals surface area contributed by atoms with Gasteiger partial charge >= 0.3 is 6.18 Å². The lowest BCUT2D eigenvalue weighted by Gasteiger charge is -2.21. The van der Waals surface area contributed by atoms with Crippen molar-refractivity contribution in [3.63, 3.8) is 0 Å². The van der Waals surface area contributed by atoms with Gasteiger partial charge in [-0.2, -0.15) is 13.2 Å². The molecule has 0 unspecified atom stereocenters. The summed E-state index contributed by atoms with van der Waals surface area (Å²) in [4.78, 5) is 32.6. The Kier molecular flexibility index (Phi) is 6.77. The number of aliphatic imine (C=N–C) groups is 1. The molecule has 180 valence electrons. The molecule has 2 aromatic heterocycles. The third kappa shape index (κ3) is 4.93. The van der Waals surface area contributed by atoms with Crippen LogP contribution in [0.4, 0.5) is 28.5 Å². The van der Waals surface area contributed by atoms with E-state index in [1.807, 2.05) is 0 Å². The Morgan fingerprint density at radius 3 is 2.62 bits per heavy atom. The van der Waals surface area contributed by atoms with Gasteiger partial charge < -0.3 is 16.2 Å². The number of aromatic nitrogens is 2. The molecule has 0 radical (unpaired) electrons. The predicted octanol–water partition coefficient (Wildman–Crippen LogP) is 3.08. The maximum absolute atomic E-state index is 13.7. The molecule has 1 aromatic carbocycles. The van der Waals surface area contributed by atoms with Crippen molar-refractivity contribution in [3.8, 4) is 17.0 Å². The normalized spacial score (nSPS) is 12.1. The zero-order valence-corrected chi connectivity index (χ0v) is 18.9. The van der Waals surface area contributed by atoms with Crippen LogP contribution in [0.15, 0.2) is 33.4 Å². The minimum Gasteiger partial charge on any atom is -0.872 e. The number of hydrogen-bond acceptors (Lipinski definition) is 7. The van der Waals surface area contributed by atoms with Crippen LogP contribution in [0.25, 0.3) is 11.3 Å². The number of nitrogens with two attached hydrogens (primary N) is 1. The van der Waals surface area contributed by atoms with Crippen molar-refractivity contribution < 1.29 is 27.5 Å². The van der Waals surface area contributed by atoms with E-state index in [-0.39, 0.29) is 45.5 Å². The monoisotopic (exact) mass is 496 g/mol. The number of anilines is 2. The first-order valence-electron chi connectivity index (χ1n) is 9.59. The summed E-state index contributed by atoms with van der Waals surface area (Å²) in [6.45, 7) is 1.34. The highest BCUT2D eigenvalue weighted by atomic mass is 32.1. The molecular formula is C21H18F4N5O3S-. The van der Waals surface area contributed by atoms with Crippen molar-refractivity contribution in [2.75, 3.05) is 18.1 Å². The fourth-order valence-corrected chi connectivity index (χ4v) is 3.90. The molecule has 0 aliphatic carbocycles. The van der Waals surface area contributed by atoms with Crippen molar-refractivity contribution in [1.82, 2.24) is 9.55 Å². The van der Waals surface area contributed by atoms with Gasteiger partial charge in [0, 0.05) is 36.2 Å². The van der Waals surface area contributed by atoms with Gasteiger partial charge in [0.05, 0.1) is 23.4 Å². The summed E-state index contributed by atoms with van der Waals surface area (Å²) in [6.07, 6.45) is -5.12. The predicted molar refractivity (Wildman–Crippen MR) is 118 cm³/mol. The van der Waals surface area contributed by atoms with E-state index >= 15 is 0 Å². The van der Waals surface area contributed by atoms with Gasteiger partial charge in [-0.1, -0.05) is 5.75 Å². The molecule has 3 aromatic rings. The van der Waals surface area contributed by atoms with Crippen LogP contribution in [0, 0.1) is 12.7 Å². The van der Waals surface area contributed by atoms with Crippen LogP contribution in [-0.4, -0.2) is 28.2 Å². The number of pyridine rings is 1. The number of benzene rings is 1. The van der Waals surface area contributed by atoms with Gasteiger partial charge in [-0.3, -0.25) is 19.1 Å². The second-order valence-corrected chi connectivity index (χ2v) is 8.10. The summed E-state index contributed by atoms with van der Waals surface area (Å²) < 4.78 is 53.7. The number of rotatable bonds is 5.